The van der Waals surface area contributed by atoms with E-state index >= 15 is 0 Å². The summed E-state index contributed by atoms with van der Waals surface area (Å²) in [6.45, 7) is 0. The summed E-state index contributed by atoms with van der Waals surface area (Å²) >= 11 is 0. The lowest BCUT2D eigenvalue weighted by Gasteiger charge is -1.89. The van der Waals surface area contributed by atoms with Gasteiger partial charge in [0.25, 0.3) is 0 Å². The van der Waals surface area contributed by atoms with E-state index in [1.165, 1.54) is 0 Å². The van der Waals surface area contributed by atoms with Gasteiger partial charge in [0, 0.05) is 0 Å². The second kappa shape index (κ2) is 1.74. The number of carbonyl (C=O) groups is 1. The first-order chi connectivity index (χ1) is 2.64. The number of nitrogens with two attached hydrogens (primary N) is 1. The minimum Gasteiger partial charge on any atom is -0.478 e. The van der Waals surface area contributed by atoms with Gasteiger partial charge in [0.2, 0.25) is 6.23 Å². The summed E-state index contributed by atoms with van der Waals surface area (Å²) in [7, 11) is 0. The lowest BCUT2D eigenvalue weighted by Crippen LogP contribution is -2.28. The normalized spacial score (nSPS) is 13.7. The van der Waals surface area contributed by atoms with Crippen molar-refractivity contribution in [2.24, 2.45) is 5.73 Å². The van der Waals surface area contributed by atoms with Gasteiger partial charge in [0.1, 0.15) is 0 Å². The summed E-state index contributed by atoms with van der Waals surface area (Å²) in [4.78, 5) is 9.32. The summed E-state index contributed by atoms with van der Waals surface area (Å²) < 4.78 is 0. The molecular formula is C2H5NO3. The maximum atomic E-state index is 9.32. The zero-order chi connectivity index (χ0) is 5.15. The lowest BCUT2D eigenvalue weighted by molar-refractivity contribution is -0.146. The van der Waals surface area contributed by atoms with Gasteiger partial charge in [0.05, 0.1) is 0 Å². The molecule has 0 aromatic carbocycles. The van der Waals surface area contributed by atoms with Crippen LogP contribution in [0.1, 0.15) is 0 Å². The topological polar surface area (TPSA) is 83.5 Å². The SMILES string of the molecule is N[C@H](O)C(=O)O. The molecule has 0 radical (unpaired) electrons. The Labute approximate surface area is 34.2 Å². The smallest absolute Gasteiger partial charge is 0.347 e. The largest absolute Gasteiger partial charge is 0.478 e. The Morgan fingerprint density at radius 1 is 1.83 bits per heavy atom. The van der Waals surface area contributed by atoms with E-state index in [1.807, 2.05) is 0 Å². The summed E-state index contributed by atoms with van der Waals surface area (Å²) in [5.74, 6) is -1.41. The zero-order valence-electron chi connectivity index (χ0n) is 2.96. The quantitative estimate of drug-likeness (QED) is 0.337. The molecule has 0 saturated carbocycles. The third-order valence-electron chi connectivity index (χ3n) is 0.253. The van der Waals surface area contributed by atoms with E-state index < -0.39 is 12.2 Å². The Kier molecular flexibility index (Phi) is 1.56. The van der Waals surface area contributed by atoms with Gasteiger partial charge in [-0.1, -0.05) is 0 Å². The molecule has 0 bridgehead atoms. The highest BCUT2D eigenvalue weighted by molar-refractivity contribution is 5.70. The number of hydrogen-bond donors (Lipinski definition) is 3. The first-order valence-corrected chi connectivity index (χ1v) is 1.31. The second-order valence-electron chi connectivity index (χ2n) is 0.783. The Morgan fingerprint density at radius 3 is 2.00 bits per heavy atom. The van der Waals surface area contributed by atoms with E-state index in [4.69, 9.17) is 10.2 Å². The van der Waals surface area contributed by atoms with E-state index in [1.54, 1.807) is 0 Å². The molecule has 0 amide bonds. The van der Waals surface area contributed by atoms with Crippen LogP contribution in [0.15, 0.2) is 0 Å². The Hall–Kier alpha value is -0.610. The van der Waals surface area contributed by atoms with Gasteiger partial charge in [-0.25, -0.2) is 4.79 Å². The molecule has 0 fully saturated rings. The number of aliphatic carboxylic acids is 1. The molecule has 0 spiro atoms. The van der Waals surface area contributed by atoms with Gasteiger partial charge < -0.3 is 10.2 Å². The number of rotatable bonds is 1. The van der Waals surface area contributed by atoms with E-state index in [-0.39, 0.29) is 0 Å². The predicted molar refractivity (Wildman–Crippen MR) is 17.8 cm³/mol. The third kappa shape index (κ3) is 1.68. The van der Waals surface area contributed by atoms with Crippen molar-refractivity contribution in [2.45, 2.75) is 6.23 Å². The highest BCUT2D eigenvalue weighted by Gasteiger charge is 2.01. The monoisotopic (exact) mass is 91.0 g/mol. The van der Waals surface area contributed by atoms with Gasteiger partial charge in [-0.15, -0.1) is 0 Å². The van der Waals surface area contributed by atoms with Crippen molar-refractivity contribution in [1.29, 1.82) is 0 Å². The van der Waals surface area contributed by atoms with Gasteiger partial charge in [-0.3, -0.25) is 5.73 Å². The number of aliphatic hydroxyl groups is 1. The molecule has 0 aromatic heterocycles. The Bertz CT molecular complexity index is 59.8. The number of hydrogen-bond acceptors (Lipinski definition) is 3. The van der Waals surface area contributed by atoms with Crippen LogP contribution < -0.4 is 5.73 Å². The third-order valence-corrected chi connectivity index (χ3v) is 0.253. The van der Waals surface area contributed by atoms with Crippen molar-refractivity contribution in [3.05, 3.63) is 0 Å². The van der Waals surface area contributed by atoms with Gasteiger partial charge >= 0.3 is 5.97 Å². The molecule has 0 aliphatic carbocycles. The molecule has 4 heteroatoms. The molecule has 6 heavy (non-hydrogen) atoms. The molecule has 0 unspecified atom stereocenters. The second-order valence-corrected chi connectivity index (χ2v) is 0.783. The van der Waals surface area contributed by atoms with Crippen LogP contribution in [-0.2, 0) is 4.79 Å². The van der Waals surface area contributed by atoms with Crippen LogP contribution >= 0.6 is 0 Å². The maximum absolute atomic E-state index is 9.32. The molecule has 0 rings (SSSR count). The zero-order valence-corrected chi connectivity index (χ0v) is 2.96. The highest BCUT2D eigenvalue weighted by Crippen LogP contribution is 1.62. The first kappa shape index (κ1) is 5.39. The fourth-order valence-corrected chi connectivity index (χ4v) is 0. The first-order valence-electron chi connectivity index (χ1n) is 1.31. The van der Waals surface area contributed by atoms with Gasteiger partial charge in [0.15, 0.2) is 0 Å². The molecule has 4 nitrogen and oxygen atoms in total. The molecule has 36 valence electrons. The van der Waals surface area contributed by atoms with Crippen LogP contribution in [0.3, 0.4) is 0 Å². The van der Waals surface area contributed by atoms with Crippen LogP contribution in [-0.4, -0.2) is 22.4 Å². The van der Waals surface area contributed by atoms with Crippen LogP contribution in [0, 0.1) is 0 Å². The lowest BCUT2D eigenvalue weighted by atomic mass is 10.6. The molecule has 0 heterocycles. The van der Waals surface area contributed by atoms with E-state index in [0.29, 0.717) is 0 Å². The highest BCUT2D eigenvalue weighted by atomic mass is 16.4. The summed E-state index contributed by atoms with van der Waals surface area (Å²) in [5.41, 5.74) is 4.39. The molecule has 1 atom stereocenters. The Balaban J connectivity index is 3.26. The van der Waals surface area contributed by atoms with Crippen LogP contribution in [0.5, 0.6) is 0 Å². The van der Waals surface area contributed by atoms with Crippen LogP contribution in [0.4, 0.5) is 0 Å². The summed E-state index contributed by atoms with van der Waals surface area (Å²) in [5, 5.41) is 15.4. The van der Waals surface area contributed by atoms with Gasteiger partial charge in [-0.2, -0.15) is 0 Å². The number of carboxylic acids is 1. The van der Waals surface area contributed by atoms with Gasteiger partial charge in [-0.05, 0) is 0 Å². The molecule has 0 aliphatic rings. The van der Waals surface area contributed by atoms with Crippen LogP contribution in [0.2, 0.25) is 0 Å². The fraction of sp³-hybridized carbons (Fsp3) is 0.500. The number of carboxylic acid groups (broad SMARTS) is 1. The van der Waals surface area contributed by atoms with Crippen molar-refractivity contribution in [3.8, 4) is 0 Å². The average Bonchev–Trinajstić information content (AvgIpc) is 1.36. The van der Waals surface area contributed by atoms with Crippen molar-refractivity contribution in [2.75, 3.05) is 0 Å². The van der Waals surface area contributed by atoms with E-state index in [0.717, 1.165) is 0 Å². The minimum absolute atomic E-state index is 1.41. The van der Waals surface area contributed by atoms with Crippen molar-refractivity contribution in [1.82, 2.24) is 0 Å². The number of aliphatic hydroxyl groups excluding tert-OH is 1. The average molecular weight is 91.1 g/mol. The predicted octanol–water partition coefficient (Wildman–Crippen LogP) is -1.65. The molecule has 0 saturated heterocycles. The summed E-state index contributed by atoms with van der Waals surface area (Å²) in [6.07, 6.45) is -1.73. The maximum Gasteiger partial charge on any atom is 0.347 e. The summed E-state index contributed by atoms with van der Waals surface area (Å²) in [6, 6.07) is 0. The molecule has 4 N–H and O–H groups in total. The molecule has 0 aliphatic heterocycles. The van der Waals surface area contributed by atoms with Crippen molar-refractivity contribution in [3.63, 3.8) is 0 Å². The fourth-order valence-electron chi connectivity index (χ4n) is 0. The minimum atomic E-state index is -1.73. The van der Waals surface area contributed by atoms with Crippen molar-refractivity contribution >= 4 is 5.97 Å². The standard InChI is InChI=1S/C2H5NO3/c3-1(4)2(5)6/h1,4H,3H2,(H,5,6)/t1-/m1/s1. The van der Waals surface area contributed by atoms with Crippen molar-refractivity contribution < 1.29 is 15.0 Å². The van der Waals surface area contributed by atoms with Crippen LogP contribution in [0.25, 0.3) is 0 Å². The molecular weight excluding hydrogens is 86.0 g/mol. The Morgan fingerprint density at radius 2 is 2.00 bits per heavy atom. The van der Waals surface area contributed by atoms with E-state index in [9.17, 15) is 4.79 Å². The molecule has 0 aromatic rings. The van der Waals surface area contributed by atoms with E-state index in [2.05, 4.69) is 5.73 Å².